The van der Waals surface area contributed by atoms with E-state index in [0.717, 1.165) is 5.56 Å². The zero-order valence-electron chi connectivity index (χ0n) is 16.2. The van der Waals surface area contributed by atoms with Crippen molar-refractivity contribution in [3.63, 3.8) is 0 Å². The molecular weight excluding hydrogens is 384 g/mol. The van der Waals surface area contributed by atoms with Crippen LogP contribution in [0, 0.1) is 0 Å². The number of rotatable bonds is 3. The summed E-state index contributed by atoms with van der Waals surface area (Å²) < 4.78 is 8.12. The molecule has 0 aliphatic carbocycles. The molecule has 0 atom stereocenters. The maximum atomic E-state index is 13.2. The minimum absolute atomic E-state index is 0.0719. The summed E-state index contributed by atoms with van der Waals surface area (Å²) in [5.41, 5.74) is 8.55. The van der Waals surface area contributed by atoms with Crippen molar-refractivity contribution in [3.05, 3.63) is 70.1 Å². The zero-order valence-corrected chi connectivity index (χ0v) is 16.2. The third-order valence-electron chi connectivity index (χ3n) is 5.30. The van der Waals surface area contributed by atoms with Crippen molar-refractivity contribution in [2.45, 2.75) is 6.54 Å². The highest BCUT2D eigenvalue weighted by Crippen LogP contribution is 2.18. The number of carbonyl (C=O) groups excluding carboxylic acids is 1. The van der Waals surface area contributed by atoms with Crippen LogP contribution in [0.4, 0.5) is 5.82 Å². The molecule has 9 heteroatoms. The average molecular weight is 404 g/mol. The Morgan fingerprint density at radius 1 is 1.07 bits per heavy atom. The maximum Gasteiger partial charge on any atom is 0.351 e. The van der Waals surface area contributed by atoms with Gasteiger partial charge in [0, 0.05) is 18.7 Å². The van der Waals surface area contributed by atoms with E-state index in [2.05, 4.69) is 10.1 Å². The van der Waals surface area contributed by atoms with Gasteiger partial charge in [-0.3, -0.25) is 4.79 Å². The fourth-order valence-electron chi connectivity index (χ4n) is 3.79. The number of fused-ring (bicyclic) bond motifs is 3. The SMILES string of the molecule is Nc1nc2ccccc2n2c(=O)n(Cc3ccccc3C(=O)N3CCOCC3)nc12. The van der Waals surface area contributed by atoms with Gasteiger partial charge in [0.15, 0.2) is 5.82 Å². The van der Waals surface area contributed by atoms with E-state index in [9.17, 15) is 9.59 Å². The van der Waals surface area contributed by atoms with Gasteiger partial charge in [0.2, 0.25) is 5.65 Å². The number of hydrogen-bond acceptors (Lipinski definition) is 6. The van der Waals surface area contributed by atoms with Crippen molar-refractivity contribution in [2.75, 3.05) is 32.0 Å². The van der Waals surface area contributed by atoms with Crippen LogP contribution in [0.15, 0.2) is 53.3 Å². The third-order valence-corrected chi connectivity index (χ3v) is 5.30. The van der Waals surface area contributed by atoms with Crippen LogP contribution >= 0.6 is 0 Å². The molecule has 2 aromatic carbocycles. The number of para-hydroxylation sites is 2. The van der Waals surface area contributed by atoms with Gasteiger partial charge in [0.1, 0.15) is 0 Å². The molecule has 152 valence electrons. The number of aromatic nitrogens is 4. The van der Waals surface area contributed by atoms with Crippen LogP contribution < -0.4 is 11.4 Å². The van der Waals surface area contributed by atoms with E-state index in [0.29, 0.717) is 48.5 Å². The number of nitrogens with zero attached hydrogens (tertiary/aromatic N) is 5. The number of benzene rings is 2. The summed E-state index contributed by atoms with van der Waals surface area (Å²) in [5, 5.41) is 4.40. The molecule has 1 aliphatic rings. The zero-order chi connectivity index (χ0) is 20.7. The van der Waals surface area contributed by atoms with E-state index in [1.165, 1.54) is 9.08 Å². The quantitative estimate of drug-likeness (QED) is 0.549. The highest BCUT2D eigenvalue weighted by atomic mass is 16.5. The van der Waals surface area contributed by atoms with E-state index in [4.69, 9.17) is 10.5 Å². The fraction of sp³-hybridized carbons (Fsp3) is 0.238. The molecule has 30 heavy (non-hydrogen) atoms. The van der Waals surface area contributed by atoms with Gasteiger partial charge in [-0.05, 0) is 23.8 Å². The topological polar surface area (TPSA) is 108 Å². The standard InChI is InChI=1S/C21H20N6O3/c22-18-19-24-26(21(29)27(19)17-8-4-3-7-16(17)23-18)13-14-5-1-2-6-15(14)20(28)25-9-11-30-12-10-25/h1-8H,9-13H2,(H2,22,23). The lowest BCUT2D eigenvalue weighted by atomic mass is 10.1. The molecule has 2 aromatic heterocycles. The molecule has 5 rings (SSSR count). The van der Waals surface area contributed by atoms with Crippen molar-refractivity contribution in [2.24, 2.45) is 0 Å². The summed E-state index contributed by atoms with van der Waals surface area (Å²) in [6.07, 6.45) is 0. The third kappa shape index (κ3) is 3.00. The smallest absolute Gasteiger partial charge is 0.351 e. The normalized spacial score (nSPS) is 14.5. The van der Waals surface area contributed by atoms with Crippen molar-refractivity contribution in [1.29, 1.82) is 0 Å². The van der Waals surface area contributed by atoms with Crippen LogP contribution in [0.5, 0.6) is 0 Å². The number of nitrogens with two attached hydrogens (primary N) is 1. The minimum Gasteiger partial charge on any atom is -0.381 e. The first-order chi connectivity index (χ1) is 14.6. The van der Waals surface area contributed by atoms with Crippen LogP contribution in [-0.4, -0.2) is 56.3 Å². The first kappa shape index (κ1) is 18.3. The second kappa shape index (κ2) is 7.27. The molecule has 0 unspecified atom stereocenters. The van der Waals surface area contributed by atoms with Gasteiger partial charge in [-0.2, -0.15) is 0 Å². The van der Waals surface area contributed by atoms with E-state index in [-0.39, 0.29) is 24.0 Å². The molecular formula is C21H20N6O3. The Morgan fingerprint density at radius 2 is 1.80 bits per heavy atom. The van der Waals surface area contributed by atoms with Crippen molar-refractivity contribution < 1.29 is 9.53 Å². The lowest BCUT2D eigenvalue weighted by Crippen LogP contribution is -2.41. The Morgan fingerprint density at radius 3 is 2.63 bits per heavy atom. The Labute approximate surface area is 171 Å². The van der Waals surface area contributed by atoms with E-state index < -0.39 is 0 Å². The summed E-state index contributed by atoms with van der Waals surface area (Å²) in [6.45, 7) is 2.31. The molecule has 0 bridgehead atoms. The lowest BCUT2D eigenvalue weighted by Gasteiger charge is -2.27. The lowest BCUT2D eigenvalue weighted by molar-refractivity contribution is 0.0302. The second-order valence-electron chi connectivity index (χ2n) is 7.15. The van der Waals surface area contributed by atoms with Crippen molar-refractivity contribution in [1.82, 2.24) is 24.1 Å². The molecule has 9 nitrogen and oxygen atoms in total. The van der Waals surface area contributed by atoms with Crippen LogP contribution in [0.1, 0.15) is 15.9 Å². The van der Waals surface area contributed by atoms with Crippen LogP contribution in [0.2, 0.25) is 0 Å². The highest BCUT2D eigenvalue weighted by molar-refractivity contribution is 5.95. The Balaban J connectivity index is 1.58. The summed E-state index contributed by atoms with van der Waals surface area (Å²) >= 11 is 0. The minimum atomic E-state index is -0.330. The van der Waals surface area contributed by atoms with Gasteiger partial charge >= 0.3 is 5.69 Å². The number of anilines is 1. The molecule has 1 saturated heterocycles. The first-order valence-electron chi connectivity index (χ1n) is 9.72. The summed E-state index contributed by atoms with van der Waals surface area (Å²) in [7, 11) is 0. The van der Waals surface area contributed by atoms with Crippen molar-refractivity contribution in [3.8, 4) is 0 Å². The van der Waals surface area contributed by atoms with E-state index in [1.807, 2.05) is 30.3 Å². The van der Waals surface area contributed by atoms with Gasteiger partial charge < -0.3 is 15.4 Å². The molecule has 0 spiro atoms. The Kier molecular flexibility index (Phi) is 4.44. The molecule has 1 aliphatic heterocycles. The van der Waals surface area contributed by atoms with Crippen LogP contribution in [0.3, 0.4) is 0 Å². The Hall–Kier alpha value is -3.72. The Bertz CT molecular complexity index is 1320. The second-order valence-corrected chi connectivity index (χ2v) is 7.15. The van der Waals surface area contributed by atoms with Crippen LogP contribution in [0.25, 0.3) is 16.7 Å². The summed E-state index contributed by atoms with van der Waals surface area (Å²) in [6, 6.07) is 14.5. The van der Waals surface area contributed by atoms with E-state index >= 15 is 0 Å². The van der Waals surface area contributed by atoms with Gasteiger partial charge in [-0.25, -0.2) is 18.9 Å². The molecule has 0 saturated carbocycles. The van der Waals surface area contributed by atoms with Crippen molar-refractivity contribution >= 4 is 28.4 Å². The molecule has 1 amide bonds. The van der Waals surface area contributed by atoms with Gasteiger partial charge in [-0.1, -0.05) is 30.3 Å². The number of carbonyl (C=O) groups is 1. The molecule has 3 heterocycles. The number of nitrogen functional groups attached to an aromatic ring is 1. The summed E-state index contributed by atoms with van der Waals surface area (Å²) in [4.78, 5) is 32.3. The van der Waals surface area contributed by atoms with Crippen LogP contribution in [-0.2, 0) is 11.3 Å². The molecule has 1 fully saturated rings. The monoisotopic (exact) mass is 404 g/mol. The molecule has 2 N–H and O–H groups in total. The number of amides is 1. The first-order valence-corrected chi connectivity index (χ1v) is 9.72. The molecule has 4 aromatic rings. The fourth-order valence-corrected chi connectivity index (χ4v) is 3.79. The maximum absolute atomic E-state index is 13.2. The predicted molar refractivity (Wildman–Crippen MR) is 111 cm³/mol. The van der Waals surface area contributed by atoms with Gasteiger partial charge in [0.25, 0.3) is 5.91 Å². The number of hydrogen-bond donors (Lipinski definition) is 1. The number of morpholine rings is 1. The average Bonchev–Trinajstić information content (AvgIpc) is 3.11. The highest BCUT2D eigenvalue weighted by Gasteiger charge is 2.22. The largest absolute Gasteiger partial charge is 0.381 e. The van der Waals surface area contributed by atoms with E-state index in [1.54, 1.807) is 23.1 Å². The molecule has 0 radical (unpaired) electrons. The summed E-state index contributed by atoms with van der Waals surface area (Å²) in [5.74, 6) is 0.111. The van der Waals surface area contributed by atoms with Gasteiger partial charge in [0.05, 0.1) is 30.8 Å². The predicted octanol–water partition coefficient (Wildman–Crippen LogP) is 1.15. The van der Waals surface area contributed by atoms with Gasteiger partial charge in [-0.15, -0.1) is 5.10 Å². The number of ether oxygens (including phenoxy) is 1.